The molecule has 0 amide bonds. The van der Waals surface area contributed by atoms with E-state index in [9.17, 15) is 0 Å². The van der Waals surface area contributed by atoms with E-state index in [-0.39, 0.29) is 5.92 Å². The molecule has 0 aromatic heterocycles. The zero-order valence-electron chi connectivity index (χ0n) is 4.77. The van der Waals surface area contributed by atoms with E-state index in [4.69, 9.17) is 11.2 Å². The SMILES string of the molecule is C#C[C@H](C)COC. The highest BCUT2D eigenvalue weighted by atomic mass is 16.5. The first kappa shape index (κ1) is 6.52. The third-order valence-electron chi connectivity index (χ3n) is 0.701. The molecule has 0 radical (unpaired) electrons. The average molecular weight is 98.1 g/mol. The number of terminal acetylenes is 1. The Morgan fingerprint density at radius 3 is 2.57 bits per heavy atom. The van der Waals surface area contributed by atoms with Crippen LogP contribution < -0.4 is 0 Å². The first-order chi connectivity index (χ1) is 3.31. The van der Waals surface area contributed by atoms with E-state index in [0.717, 1.165) is 0 Å². The lowest BCUT2D eigenvalue weighted by atomic mass is 10.2. The molecule has 0 unspecified atom stereocenters. The Balaban J connectivity index is 3.04. The van der Waals surface area contributed by atoms with E-state index in [0.29, 0.717) is 6.61 Å². The van der Waals surface area contributed by atoms with Gasteiger partial charge in [0, 0.05) is 13.0 Å². The quantitative estimate of drug-likeness (QED) is 0.466. The van der Waals surface area contributed by atoms with Crippen LogP contribution in [0.3, 0.4) is 0 Å². The van der Waals surface area contributed by atoms with Crippen molar-refractivity contribution < 1.29 is 4.74 Å². The Kier molecular flexibility index (Phi) is 3.45. The van der Waals surface area contributed by atoms with Crippen LogP contribution in [-0.2, 0) is 4.74 Å². The van der Waals surface area contributed by atoms with Crippen molar-refractivity contribution in [3.8, 4) is 12.3 Å². The summed E-state index contributed by atoms with van der Waals surface area (Å²) in [5.41, 5.74) is 0. The highest BCUT2D eigenvalue weighted by Gasteiger charge is 1.90. The standard InChI is InChI=1S/C6H10O/c1-4-6(2)5-7-3/h1,6H,5H2,2-3H3/t6-/m0/s1. The van der Waals surface area contributed by atoms with Crippen molar-refractivity contribution in [2.75, 3.05) is 13.7 Å². The minimum Gasteiger partial charge on any atom is -0.383 e. The van der Waals surface area contributed by atoms with Gasteiger partial charge in [0.05, 0.1) is 6.61 Å². The van der Waals surface area contributed by atoms with Crippen molar-refractivity contribution in [2.24, 2.45) is 5.92 Å². The van der Waals surface area contributed by atoms with E-state index in [1.807, 2.05) is 6.92 Å². The Labute approximate surface area is 44.7 Å². The maximum Gasteiger partial charge on any atom is 0.0597 e. The van der Waals surface area contributed by atoms with Crippen molar-refractivity contribution >= 4 is 0 Å². The number of rotatable bonds is 2. The Morgan fingerprint density at radius 2 is 2.43 bits per heavy atom. The maximum absolute atomic E-state index is 5.03. The van der Waals surface area contributed by atoms with Gasteiger partial charge in [-0.05, 0) is 6.92 Å². The third kappa shape index (κ3) is 3.35. The zero-order chi connectivity index (χ0) is 5.70. The molecular formula is C6H10O. The van der Waals surface area contributed by atoms with Crippen molar-refractivity contribution in [1.29, 1.82) is 0 Å². The summed E-state index contributed by atoms with van der Waals surface area (Å²) in [4.78, 5) is 0. The predicted octanol–water partition coefficient (Wildman–Crippen LogP) is 0.902. The van der Waals surface area contributed by atoms with Crippen LogP contribution in [0, 0.1) is 18.3 Å². The van der Waals surface area contributed by atoms with Gasteiger partial charge in [-0.25, -0.2) is 0 Å². The second kappa shape index (κ2) is 3.70. The molecule has 0 aromatic rings. The lowest BCUT2D eigenvalue weighted by Gasteiger charge is -1.97. The highest BCUT2D eigenvalue weighted by Crippen LogP contribution is 1.88. The fraction of sp³-hybridized carbons (Fsp3) is 0.667. The van der Waals surface area contributed by atoms with Gasteiger partial charge >= 0.3 is 0 Å². The fourth-order valence-electron chi connectivity index (χ4n) is 0.298. The summed E-state index contributed by atoms with van der Waals surface area (Å²) in [6, 6.07) is 0. The van der Waals surface area contributed by atoms with E-state index in [1.54, 1.807) is 7.11 Å². The van der Waals surface area contributed by atoms with Crippen molar-refractivity contribution in [3.63, 3.8) is 0 Å². The maximum atomic E-state index is 5.03. The first-order valence-electron chi connectivity index (χ1n) is 2.26. The van der Waals surface area contributed by atoms with E-state index >= 15 is 0 Å². The van der Waals surface area contributed by atoms with Gasteiger partial charge in [0.15, 0.2) is 0 Å². The van der Waals surface area contributed by atoms with E-state index in [2.05, 4.69) is 5.92 Å². The summed E-state index contributed by atoms with van der Waals surface area (Å²) >= 11 is 0. The van der Waals surface area contributed by atoms with Gasteiger partial charge in [-0.2, -0.15) is 0 Å². The van der Waals surface area contributed by atoms with Crippen molar-refractivity contribution in [1.82, 2.24) is 0 Å². The van der Waals surface area contributed by atoms with Crippen LogP contribution in [0.15, 0.2) is 0 Å². The van der Waals surface area contributed by atoms with Gasteiger partial charge in [0.25, 0.3) is 0 Å². The second-order valence-corrected chi connectivity index (χ2v) is 1.52. The largest absolute Gasteiger partial charge is 0.383 e. The molecule has 1 nitrogen and oxygen atoms in total. The lowest BCUT2D eigenvalue weighted by Crippen LogP contribution is -1.98. The first-order valence-corrected chi connectivity index (χ1v) is 2.26. The smallest absolute Gasteiger partial charge is 0.0597 e. The number of methoxy groups -OCH3 is 1. The molecular weight excluding hydrogens is 88.1 g/mol. The van der Waals surface area contributed by atoms with Crippen LogP contribution in [0.1, 0.15) is 6.92 Å². The van der Waals surface area contributed by atoms with Crippen LogP contribution in [-0.4, -0.2) is 13.7 Å². The summed E-state index contributed by atoms with van der Waals surface area (Å²) in [6.07, 6.45) is 5.03. The van der Waals surface area contributed by atoms with E-state index in [1.165, 1.54) is 0 Å². The minimum absolute atomic E-state index is 0.255. The molecule has 0 bridgehead atoms. The van der Waals surface area contributed by atoms with Crippen molar-refractivity contribution in [3.05, 3.63) is 0 Å². The average Bonchev–Trinajstić information content (AvgIpc) is 1.68. The number of hydrogen-bond acceptors (Lipinski definition) is 1. The van der Waals surface area contributed by atoms with Crippen LogP contribution in [0.5, 0.6) is 0 Å². The van der Waals surface area contributed by atoms with Crippen LogP contribution in [0.2, 0.25) is 0 Å². The molecule has 0 aliphatic heterocycles. The van der Waals surface area contributed by atoms with E-state index < -0.39 is 0 Å². The van der Waals surface area contributed by atoms with Gasteiger partial charge < -0.3 is 4.74 Å². The van der Waals surface area contributed by atoms with Crippen LogP contribution >= 0.6 is 0 Å². The van der Waals surface area contributed by atoms with Gasteiger partial charge in [-0.15, -0.1) is 12.3 Å². The molecule has 1 atom stereocenters. The number of ether oxygens (including phenoxy) is 1. The molecule has 0 N–H and O–H groups in total. The van der Waals surface area contributed by atoms with Gasteiger partial charge in [-0.1, -0.05) is 0 Å². The fourth-order valence-corrected chi connectivity index (χ4v) is 0.298. The highest BCUT2D eigenvalue weighted by molar-refractivity contribution is 4.89. The van der Waals surface area contributed by atoms with Crippen LogP contribution in [0.4, 0.5) is 0 Å². The Morgan fingerprint density at radius 1 is 1.86 bits per heavy atom. The zero-order valence-corrected chi connectivity index (χ0v) is 4.77. The molecule has 0 saturated carbocycles. The molecule has 0 fully saturated rings. The topological polar surface area (TPSA) is 9.23 Å². The second-order valence-electron chi connectivity index (χ2n) is 1.52. The molecule has 40 valence electrons. The lowest BCUT2D eigenvalue weighted by molar-refractivity contribution is 0.179. The van der Waals surface area contributed by atoms with Crippen molar-refractivity contribution in [2.45, 2.75) is 6.92 Å². The normalized spacial score (nSPS) is 12.7. The molecule has 0 spiro atoms. The predicted molar refractivity (Wildman–Crippen MR) is 29.9 cm³/mol. The number of hydrogen-bond donors (Lipinski definition) is 0. The summed E-state index contributed by atoms with van der Waals surface area (Å²) in [6.45, 7) is 2.61. The molecule has 0 saturated heterocycles. The molecule has 0 aliphatic rings. The summed E-state index contributed by atoms with van der Waals surface area (Å²) in [5, 5.41) is 0. The molecule has 1 heteroatoms. The summed E-state index contributed by atoms with van der Waals surface area (Å²) in [5.74, 6) is 2.80. The van der Waals surface area contributed by atoms with Gasteiger partial charge in [-0.3, -0.25) is 0 Å². The molecule has 0 rings (SSSR count). The molecule has 0 aromatic carbocycles. The Hall–Kier alpha value is -0.480. The molecule has 7 heavy (non-hydrogen) atoms. The van der Waals surface area contributed by atoms with Gasteiger partial charge in [0.1, 0.15) is 0 Å². The monoisotopic (exact) mass is 98.1 g/mol. The summed E-state index contributed by atoms with van der Waals surface area (Å²) < 4.78 is 4.75. The minimum atomic E-state index is 0.255. The summed E-state index contributed by atoms with van der Waals surface area (Å²) in [7, 11) is 1.65. The van der Waals surface area contributed by atoms with Gasteiger partial charge in [0.2, 0.25) is 0 Å². The molecule has 0 aliphatic carbocycles. The third-order valence-corrected chi connectivity index (χ3v) is 0.701. The Bertz CT molecular complexity index is 70.7. The molecule has 0 heterocycles. The van der Waals surface area contributed by atoms with Crippen LogP contribution in [0.25, 0.3) is 0 Å².